The van der Waals surface area contributed by atoms with Crippen molar-refractivity contribution in [1.29, 1.82) is 0 Å². The second-order valence-electron chi connectivity index (χ2n) is 5.04. The van der Waals surface area contributed by atoms with E-state index in [1.807, 2.05) is 0 Å². The largest absolute Gasteiger partial charge is 0.445 e. The van der Waals surface area contributed by atoms with Gasteiger partial charge in [-0.15, -0.1) is 0 Å². The Balaban J connectivity index is 2.32. The zero-order valence-electron chi connectivity index (χ0n) is 9.00. The normalized spacial score (nSPS) is 22.1. The van der Waals surface area contributed by atoms with E-state index in [1.54, 1.807) is 0 Å². The number of rotatable bonds is 0. The van der Waals surface area contributed by atoms with E-state index >= 15 is 0 Å². The van der Waals surface area contributed by atoms with Crippen LogP contribution in [0.4, 0.5) is 0 Å². The van der Waals surface area contributed by atoms with Gasteiger partial charge in [0.15, 0.2) is 5.89 Å². The fourth-order valence-corrected chi connectivity index (χ4v) is 1.68. The van der Waals surface area contributed by atoms with Crippen LogP contribution in [0, 0.1) is 0 Å². The van der Waals surface area contributed by atoms with Crippen molar-refractivity contribution in [2.75, 3.05) is 0 Å². The van der Waals surface area contributed by atoms with Crippen LogP contribution in [0.5, 0.6) is 0 Å². The number of aliphatic hydroxyl groups is 1. The van der Waals surface area contributed by atoms with Gasteiger partial charge in [0, 0.05) is 11.8 Å². The van der Waals surface area contributed by atoms with Crippen molar-refractivity contribution < 1.29 is 9.52 Å². The molecule has 1 atom stereocenters. The van der Waals surface area contributed by atoms with Gasteiger partial charge in [0.2, 0.25) is 0 Å². The summed E-state index contributed by atoms with van der Waals surface area (Å²) in [6, 6.07) is 0. The Hall–Kier alpha value is -0.830. The van der Waals surface area contributed by atoms with E-state index in [-0.39, 0.29) is 11.5 Å². The molecule has 14 heavy (non-hydrogen) atoms. The van der Waals surface area contributed by atoms with Crippen molar-refractivity contribution in [1.82, 2.24) is 4.98 Å². The second kappa shape index (κ2) is 3.09. The highest BCUT2D eigenvalue weighted by Gasteiger charge is 2.27. The van der Waals surface area contributed by atoms with Crippen LogP contribution in [-0.2, 0) is 18.3 Å². The maximum atomic E-state index is 9.48. The molecule has 0 aromatic carbocycles. The quantitative estimate of drug-likeness (QED) is 0.687. The van der Waals surface area contributed by atoms with Crippen molar-refractivity contribution in [2.24, 2.45) is 0 Å². The Morgan fingerprint density at radius 2 is 2.14 bits per heavy atom. The highest BCUT2D eigenvalue weighted by Crippen LogP contribution is 2.28. The number of fused-ring (bicyclic) bond motifs is 1. The topological polar surface area (TPSA) is 46.3 Å². The van der Waals surface area contributed by atoms with Crippen LogP contribution in [0.2, 0.25) is 0 Å². The molecule has 78 valence electrons. The van der Waals surface area contributed by atoms with Crippen LogP contribution < -0.4 is 0 Å². The first kappa shape index (κ1) is 9.71. The first-order valence-corrected chi connectivity index (χ1v) is 5.14. The molecule has 3 heteroatoms. The molecule has 3 nitrogen and oxygen atoms in total. The van der Waals surface area contributed by atoms with Gasteiger partial charge < -0.3 is 9.52 Å². The summed E-state index contributed by atoms with van der Waals surface area (Å²) in [6.45, 7) is 6.25. The van der Waals surface area contributed by atoms with E-state index in [4.69, 9.17) is 4.42 Å². The molecule has 1 aromatic rings. The summed E-state index contributed by atoms with van der Waals surface area (Å²) in [5, 5.41) is 9.48. The number of aryl methyl sites for hydroxylation is 1. The van der Waals surface area contributed by atoms with Gasteiger partial charge in [-0.05, 0) is 12.8 Å². The summed E-state index contributed by atoms with van der Waals surface area (Å²) in [7, 11) is 0. The minimum absolute atomic E-state index is 0.0394. The molecular formula is C11H17NO2. The zero-order valence-corrected chi connectivity index (χ0v) is 9.00. The predicted octanol–water partition coefficient (Wildman–Crippen LogP) is 1.82. The average Bonchev–Trinajstić information content (AvgIpc) is 2.45. The first-order valence-electron chi connectivity index (χ1n) is 5.14. The highest BCUT2D eigenvalue weighted by molar-refractivity contribution is 5.17. The lowest BCUT2D eigenvalue weighted by molar-refractivity contribution is 0.148. The molecule has 1 N–H and O–H groups in total. The molecule has 1 aromatic heterocycles. The fourth-order valence-electron chi connectivity index (χ4n) is 1.68. The van der Waals surface area contributed by atoms with Gasteiger partial charge in [-0.1, -0.05) is 20.8 Å². The number of hydrogen-bond donors (Lipinski definition) is 1. The molecule has 1 unspecified atom stereocenters. The van der Waals surface area contributed by atoms with Crippen molar-refractivity contribution in [2.45, 2.75) is 51.6 Å². The summed E-state index contributed by atoms with van der Waals surface area (Å²) in [5.74, 6) is 1.67. The Kier molecular flexibility index (Phi) is 2.14. The molecule has 0 radical (unpaired) electrons. The number of aliphatic hydroxyl groups excluding tert-OH is 1. The van der Waals surface area contributed by atoms with E-state index in [9.17, 15) is 5.11 Å². The molecule has 2 rings (SSSR count). The number of hydrogen-bond acceptors (Lipinski definition) is 3. The van der Waals surface area contributed by atoms with E-state index < -0.39 is 0 Å². The van der Waals surface area contributed by atoms with Gasteiger partial charge in [0.25, 0.3) is 0 Å². The Bertz CT molecular complexity index is 336. The van der Waals surface area contributed by atoms with E-state index in [1.165, 1.54) is 0 Å². The number of nitrogens with zero attached hydrogens (tertiary/aromatic N) is 1. The highest BCUT2D eigenvalue weighted by atomic mass is 16.4. The molecule has 0 fully saturated rings. The lowest BCUT2D eigenvalue weighted by atomic mass is 9.97. The lowest BCUT2D eigenvalue weighted by Crippen LogP contribution is -2.17. The van der Waals surface area contributed by atoms with Crippen molar-refractivity contribution in [3.05, 3.63) is 17.3 Å². The predicted molar refractivity (Wildman–Crippen MR) is 53.2 cm³/mol. The molecular weight excluding hydrogens is 178 g/mol. The van der Waals surface area contributed by atoms with Gasteiger partial charge in [0.1, 0.15) is 5.76 Å². The smallest absolute Gasteiger partial charge is 0.200 e. The third kappa shape index (κ3) is 1.69. The summed E-state index contributed by atoms with van der Waals surface area (Å²) >= 11 is 0. The van der Waals surface area contributed by atoms with Crippen LogP contribution in [0.1, 0.15) is 44.5 Å². The van der Waals surface area contributed by atoms with E-state index in [2.05, 4.69) is 25.8 Å². The van der Waals surface area contributed by atoms with Crippen molar-refractivity contribution in [3.8, 4) is 0 Å². The minimum atomic E-state index is -0.247. The van der Waals surface area contributed by atoms with Crippen LogP contribution in [0.3, 0.4) is 0 Å². The molecule has 0 bridgehead atoms. The van der Waals surface area contributed by atoms with E-state index in [0.717, 1.165) is 30.2 Å². The molecule has 0 amide bonds. The van der Waals surface area contributed by atoms with Crippen LogP contribution >= 0.6 is 0 Å². The second-order valence-corrected chi connectivity index (χ2v) is 5.04. The molecule has 0 aliphatic heterocycles. The van der Waals surface area contributed by atoms with Crippen LogP contribution in [0.25, 0.3) is 0 Å². The molecule has 1 heterocycles. The summed E-state index contributed by atoms with van der Waals surface area (Å²) in [5.41, 5.74) is 1.00. The molecule has 1 aliphatic rings. The third-order valence-electron chi connectivity index (χ3n) is 2.56. The third-order valence-corrected chi connectivity index (χ3v) is 2.56. The monoisotopic (exact) mass is 195 g/mol. The molecule has 0 saturated heterocycles. The number of oxazole rings is 1. The van der Waals surface area contributed by atoms with Gasteiger partial charge in [-0.25, -0.2) is 4.98 Å². The Morgan fingerprint density at radius 3 is 2.79 bits per heavy atom. The Morgan fingerprint density at radius 1 is 1.43 bits per heavy atom. The maximum Gasteiger partial charge on any atom is 0.200 e. The molecule has 0 spiro atoms. The summed E-state index contributed by atoms with van der Waals surface area (Å²) in [6.07, 6.45) is 2.03. The fraction of sp³-hybridized carbons (Fsp3) is 0.727. The summed E-state index contributed by atoms with van der Waals surface area (Å²) < 4.78 is 5.67. The average molecular weight is 195 g/mol. The van der Waals surface area contributed by atoms with Crippen LogP contribution in [0.15, 0.2) is 4.42 Å². The molecule has 0 saturated carbocycles. The van der Waals surface area contributed by atoms with Gasteiger partial charge >= 0.3 is 0 Å². The van der Waals surface area contributed by atoms with Gasteiger partial charge in [0.05, 0.1) is 11.8 Å². The first-order chi connectivity index (χ1) is 6.47. The Labute approximate surface area is 84.2 Å². The summed E-state index contributed by atoms with van der Waals surface area (Å²) in [4.78, 5) is 4.48. The van der Waals surface area contributed by atoms with Crippen LogP contribution in [-0.4, -0.2) is 16.2 Å². The zero-order chi connectivity index (χ0) is 10.3. The van der Waals surface area contributed by atoms with Gasteiger partial charge in [-0.2, -0.15) is 0 Å². The SMILES string of the molecule is CC(C)(C)c1nc2c(o1)CC(O)CC2. The van der Waals surface area contributed by atoms with Crippen molar-refractivity contribution >= 4 is 0 Å². The maximum absolute atomic E-state index is 9.48. The standard InChI is InChI=1S/C11H17NO2/c1-11(2,3)10-12-8-5-4-7(13)6-9(8)14-10/h7,13H,4-6H2,1-3H3. The minimum Gasteiger partial charge on any atom is -0.445 e. The van der Waals surface area contributed by atoms with Crippen molar-refractivity contribution in [3.63, 3.8) is 0 Å². The number of aromatic nitrogens is 1. The van der Waals surface area contributed by atoms with Gasteiger partial charge in [-0.3, -0.25) is 0 Å². The molecule has 1 aliphatic carbocycles. The van der Waals surface area contributed by atoms with E-state index in [0.29, 0.717) is 6.42 Å². The lowest BCUT2D eigenvalue weighted by Gasteiger charge is -2.13.